The number of hydrogen-bond donors (Lipinski definition) is 0. The normalized spacial score (nSPS) is 22.3. The molecule has 3 aromatic rings. The summed E-state index contributed by atoms with van der Waals surface area (Å²) >= 11 is -1.92. The average Bonchev–Trinajstić information content (AvgIpc) is 2.89. The number of nitrogens with zero attached hydrogens (tertiary/aromatic N) is 3. The van der Waals surface area contributed by atoms with Crippen molar-refractivity contribution in [2.24, 2.45) is 0 Å². The summed E-state index contributed by atoms with van der Waals surface area (Å²) in [4.78, 5) is 4.95. The summed E-state index contributed by atoms with van der Waals surface area (Å²) in [7, 11) is 19.4. The van der Waals surface area contributed by atoms with Crippen molar-refractivity contribution in [1.29, 1.82) is 0 Å². The number of likely N-dealkylation sites (N-methyl/N-ethyl adjacent to an activating group) is 2. The van der Waals surface area contributed by atoms with E-state index < -0.39 is 14.7 Å². The molecule has 0 saturated carbocycles. The van der Waals surface area contributed by atoms with Crippen LogP contribution in [-0.2, 0) is 14.7 Å². The molecule has 0 aliphatic carbocycles. The van der Waals surface area contributed by atoms with Gasteiger partial charge in [0.25, 0.3) is 0 Å². The zero-order chi connectivity index (χ0) is 23.6. The second-order valence-corrected chi connectivity index (χ2v) is 16.0. The molecular formula is C26H30Cl3N3Ti. The van der Waals surface area contributed by atoms with E-state index in [2.05, 4.69) is 115 Å². The Bertz CT molecular complexity index is 929. The van der Waals surface area contributed by atoms with E-state index in [1.54, 1.807) is 0 Å². The Labute approximate surface area is 216 Å². The summed E-state index contributed by atoms with van der Waals surface area (Å²) in [6, 6.07) is 33.2. The molecule has 0 N–H and O–H groups in total. The first-order valence-corrected chi connectivity index (χ1v) is 17.5. The number of halogens is 3. The maximum atomic E-state index is 5.22. The fraction of sp³-hybridized carbons (Fsp3) is 0.308. The van der Waals surface area contributed by atoms with Gasteiger partial charge in [0.1, 0.15) is 0 Å². The fourth-order valence-electron chi connectivity index (χ4n) is 4.32. The third-order valence-corrected chi connectivity index (χ3v) is 6.04. The third kappa shape index (κ3) is 8.38. The van der Waals surface area contributed by atoms with Gasteiger partial charge in [0, 0.05) is 18.6 Å². The van der Waals surface area contributed by atoms with Gasteiger partial charge in [-0.25, -0.2) is 0 Å². The molecule has 4 rings (SSSR count). The summed E-state index contributed by atoms with van der Waals surface area (Å²) in [5, 5.41) is 5.22. The molecule has 0 radical (unpaired) electrons. The summed E-state index contributed by atoms with van der Waals surface area (Å²) < 4.78 is 0. The molecule has 33 heavy (non-hydrogen) atoms. The molecule has 174 valence electrons. The maximum absolute atomic E-state index is 5.22. The van der Waals surface area contributed by atoms with Crippen LogP contribution >= 0.6 is 27.9 Å². The number of rotatable bonds is 3. The third-order valence-electron chi connectivity index (χ3n) is 6.04. The molecular weight excluding hydrogens is 509 g/mol. The molecule has 1 heterocycles. The molecule has 0 aromatic heterocycles. The van der Waals surface area contributed by atoms with E-state index >= 15 is 0 Å². The van der Waals surface area contributed by atoms with Gasteiger partial charge in [-0.2, -0.15) is 0 Å². The molecule has 3 aromatic carbocycles. The van der Waals surface area contributed by atoms with E-state index in [0.29, 0.717) is 6.04 Å². The van der Waals surface area contributed by atoms with Gasteiger partial charge in [-0.3, -0.25) is 9.80 Å². The molecule has 1 fully saturated rings. The van der Waals surface area contributed by atoms with Crippen LogP contribution in [-0.4, -0.2) is 43.5 Å². The van der Waals surface area contributed by atoms with Crippen molar-refractivity contribution in [1.82, 2.24) is 9.80 Å². The summed E-state index contributed by atoms with van der Waals surface area (Å²) in [5.74, 6) is 0. The quantitative estimate of drug-likeness (QED) is 0.321. The van der Waals surface area contributed by atoms with Crippen LogP contribution in [0.4, 0.5) is 0 Å². The molecule has 1 saturated heterocycles. The average molecular weight is 539 g/mol. The molecule has 0 bridgehead atoms. The molecule has 0 amide bonds. The van der Waals surface area contributed by atoms with E-state index in [0.717, 1.165) is 19.6 Å². The van der Waals surface area contributed by atoms with Crippen LogP contribution in [0, 0.1) is 0 Å². The number of benzene rings is 3. The predicted molar refractivity (Wildman–Crippen MR) is 139 cm³/mol. The van der Waals surface area contributed by atoms with Crippen LogP contribution < -0.4 is 0 Å². The van der Waals surface area contributed by atoms with Crippen molar-refractivity contribution in [3.05, 3.63) is 113 Å². The van der Waals surface area contributed by atoms with Gasteiger partial charge < -0.3 is 5.32 Å². The Kier molecular flexibility index (Phi) is 11.2. The zero-order valence-electron chi connectivity index (χ0n) is 19.0. The van der Waals surface area contributed by atoms with Crippen molar-refractivity contribution in [2.45, 2.75) is 18.1 Å². The van der Waals surface area contributed by atoms with Crippen LogP contribution in [0.3, 0.4) is 0 Å². The topological polar surface area (TPSA) is 20.6 Å². The van der Waals surface area contributed by atoms with Crippen LogP contribution in [0.15, 0.2) is 91.0 Å². The Morgan fingerprint density at radius 3 is 1.52 bits per heavy atom. The van der Waals surface area contributed by atoms with Crippen molar-refractivity contribution in [2.75, 3.05) is 33.7 Å². The summed E-state index contributed by atoms with van der Waals surface area (Å²) in [6.45, 7) is 2.69. The minimum absolute atomic E-state index is 0.171. The van der Waals surface area contributed by atoms with Crippen LogP contribution in [0.25, 0.3) is 5.32 Å². The van der Waals surface area contributed by atoms with Gasteiger partial charge in [-0.05, 0) is 31.8 Å². The van der Waals surface area contributed by atoms with Gasteiger partial charge in [0.2, 0.25) is 0 Å². The first kappa shape index (κ1) is 26.7. The first-order valence-electron chi connectivity index (χ1n) is 11.0. The van der Waals surface area contributed by atoms with Crippen molar-refractivity contribution >= 4 is 27.9 Å². The van der Waals surface area contributed by atoms with Crippen molar-refractivity contribution in [3.8, 4) is 0 Å². The molecule has 1 aliphatic rings. The first-order chi connectivity index (χ1) is 16.0. The summed E-state index contributed by atoms with van der Waals surface area (Å²) in [6.07, 6.45) is 0. The Morgan fingerprint density at radius 1 is 0.636 bits per heavy atom. The van der Waals surface area contributed by atoms with Gasteiger partial charge >= 0.3 is 42.6 Å². The van der Waals surface area contributed by atoms with Crippen molar-refractivity contribution in [3.63, 3.8) is 0 Å². The second kappa shape index (κ2) is 13.9. The number of hydrogen-bond acceptors (Lipinski definition) is 2. The van der Waals surface area contributed by atoms with Gasteiger partial charge in [-0.15, -0.1) is 6.54 Å². The van der Waals surface area contributed by atoms with Gasteiger partial charge in [0.05, 0.1) is 0 Å². The molecule has 3 unspecified atom stereocenters. The van der Waals surface area contributed by atoms with E-state index in [1.165, 1.54) is 16.7 Å². The molecule has 0 spiro atoms. The van der Waals surface area contributed by atoms with E-state index in [1.807, 2.05) is 0 Å². The van der Waals surface area contributed by atoms with Crippen LogP contribution in [0.5, 0.6) is 0 Å². The molecule has 7 heteroatoms. The molecule has 3 atom stereocenters. The van der Waals surface area contributed by atoms with Crippen molar-refractivity contribution < 1.29 is 14.7 Å². The fourth-order valence-corrected chi connectivity index (χ4v) is 4.32. The monoisotopic (exact) mass is 537 g/mol. The van der Waals surface area contributed by atoms with Gasteiger partial charge in [0.15, 0.2) is 0 Å². The minimum atomic E-state index is -1.92. The van der Waals surface area contributed by atoms with E-state index in [9.17, 15) is 0 Å². The van der Waals surface area contributed by atoms with E-state index in [4.69, 9.17) is 33.2 Å². The second-order valence-electron chi connectivity index (χ2n) is 8.24. The Balaban J connectivity index is 0.000000709. The standard InChI is InChI=1S/C26H30N3.3ClH.Ti/c1-28-19-24(21-12-6-3-7-13-21)27-18-25(22-14-8-4-9-15-22)29(2)20-26(28)23-16-10-5-11-17-23;;;;/h3-17,24-26H,18-20H2,1-2H3;3*1H;/q-1;;;;+4/p-3. The predicted octanol–water partition coefficient (Wildman–Crippen LogP) is 7.53. The van der Waals surface area contributed by atoms with Crippen LogP contribution in [0.2, 0.25) is 0 Å². The Hall–Kier alpha value is -0.876. The van der Waals surface area contributed by atoms with E-state index in [-0.39, 0.29) is 12.1 Å². The molecule has 1 aliphatic heterocycles. The zero-order valence-corrected chi connectivity index (χ0v) is 22.8. The Morgan fingerprint density at radius 2 is 1.03 bits per heavy atom. The SMILES string of the molecule is CN1CC(c2ccccc2)[N-]CC(c2ccccc2)N(C)CC1c1ccccc1.[Cl][Ti+]([Cl])[Cl]. The molecule has 3 nitrogen and oxygen atoms in total. The van der Waals surface area contributed by atoms with Gasteiger partial charge in [-0.1, -0.05) is 103 Å². The van der Waals surface area contributed by atoms with Crippen LogP contribution in [0.1, 0.15) is 34.8 Å². The summed E-state index contributed by atoms with van der Waals surface area (Å²) in [5.41, 5.74) is 3.99.